The first-order valence-corrected chi connectivity index (χ1v) is 10.2. The average Bonchev–Trinajstić information content (AvgIpc) is 3.05. The lowest BCUT2D eigenvalue weighted by Gasteiger charge is -2.28. The zero-order chi connectivity index (χ0) is 19.2. The lowest BCUT2D eigenvalue weighted by Crippen LogP contribution is -2.41. The summed E-state index contributed by atoms with van der Waals surface area (Å²) in [6, 6.07) is 0.607. The summed E-state index contributed by atoms with van der Waals surface area (Å²) in [5.74, 6) is -1.51. The molecule has 0 unspecified atom stereocenters. The third kappa shape index (κ3) is 3.86. The van der Waals surface area contributed by atoms with Crippen molar-refractivity contribution in [2.24, 2.45) is 5.73 Å². The van der Waals surface area contributed by atoms with Gasteiger partial charge in [-0.3, -0.25) is 9.59 Å². The van der Waals surface area contributed by atoms with Gasteiger partial charge < -0.3 is 16.2 Å². The topological polar surface area (TPSA) is 130 Å². The highest BCUT2D eigenvalue weighted by molar-refractivity contribution is 7.91. The van der Waals surface area contributed by atoms with E-state index in [0.29, 0.717) is 12.8 Å². The smallest absolute Gasteiger partial charge is 0.256 e. The normalized spacial score (nSPS) is 16.5. The second-order valence-corrected chi connectivity index (χ2v) is 9.80. The molecule has 0 bridgehead atoms. The molecule has 4 N–H and O–H groups in total. The Bertz CT molecular complexity index is 786. The minimum Gasteiger partial charge on any atom is -0.380 e. The number of nitrogens with two attached hydrogens (primary N) is 1. The number of nitrogens with one attached hydrogen (secondary N) is 1. The van der Waals surface area contributed by atoms with E-state index in [1.165, 1.54) is 10.4 Å². The van der Waals surface area contributed by atoms with Gasteiger partial charge in [0.05, 0.1) is 5.56 Å². The van der Waals surface area contributed by atoms with Crippen molar-refractivity contribution in [1.29, 1.82) is 0 Å². The highest BCUT2D eigenvalue weighted by atomic mass is 32.2. The third-order valence-corrected chi connectivity index (χ3v) is 7.65. The SMILES string of the molecule is CC(C)N(C(C)C)S(=O)(=O)c1cc(C(N)=O)c(NC(=O)C2(O)CC2)s1. The summed E-state index contributed by atoms with van der Waals surface area (Å²) in [4.78, 5) is 23.7. The van der Waals surface area contributed by atoms with Crippen LogP contribution in [0.4, 0.5) is 5.00 Å². The fourth-order valence-corrected chi connectivity index (χ4v) is 5.90. The van der Waals surface area contributed by atoms with Gasteiger partial charge in [-0.25, -0.2) is 8.42 Å². The van der Waals surface area contributed by atoms with Crippen LogP contribution in [0.15, 0.2) is 10.3 Å². The maximum absolute atomic E-state index is 12.9. The van der Waals surface area contributed by atoms with Crippen LogP contribution in [0.25, 0.3) is 0 Å². The van der Waals surface area contributed by atoms with Crippen molar-refractivity contribution < 1.29 is 23.1 Å². The molecule has 1 aliphatic carbocycles. The number of sulfonamides is 1. The Morgan fingerprint density at radius 2 is 1.80 bits per heavy atom. The molecule has 1 aromatic rings. The van der Waals surface area contributed by atoms with Gasteiger partial charge in [-0.15, -0.1) is 11.3 Å². The van der Waals surface area contributed by atoms with Crippen LogP contribution in [0.5, 0.6) is 0 Å². The number of hydrogen-bond acceptors (Lipinski definition) is 6. The quantitative estimate of drug-likeness (QED) is 0.643. The Morgan fingerprint density at radius 3 is 2.20 bits per heavy atom. The molecule has 1 fully saturated rings. The second-order valence-electron chi connectivity index (χ2n) is 6.68. The van der Waals surface area contributed by atoms with Gasteiger partial charge in [-0.1, -0.05) is 0 Å². The molecule has 1 heterocycles. The van der Waals surface area contributed by atoms with Gasteiger partial charge in [0.2, 0.25) is 0 Å². The Kier molecular flexibility index (Phi) is 5.29. The van der Waals surface area contributed by atoms with E-state index < -0.39 is 27.4 Å². The third-order valence-electron chi connectivity index (χ3n) is 3.90. The molecule has 1 aliphatic rings. The number of amides is 2. The monoisotopic (exact) mass is 389 g/mol. The molecular weight excluding hydrogens is 366 g/mol. The molecule has 10 heteroatoms. The van der Waals surface area contributed by atoms with Gasteiger partial charge in [-0.05, 0) is 46.6 Å². The van der Waals surface area contributed by atoms with Crippen LogP contribution in [0.3, 0.4) is 0 Å². The highest BCUT2D eigenvalue weighted by Crippen LogP contribution is 2.39. The molecule has 0 aromatic carbocycles. The summed E-state index contributed by atoms with van der Waals surface area (Å²) < 4.78 is 27.1. The first-order valence-electron chi connectivity index (χ1n) is 7.91. The van der Waals surface area contributed by atoms with Crippen molar-refractivity contribution in [3.05, 3.63) is 11.6 Å². The Hall–Kier alpha value is -1.49. The molecule has 0 saturated heterocycles. The van der Waals surface area contributed by atoms with E-state index >= 15 is 0 Å². The fourth-order valence-electron chi connectivity index (χ4n) is 2.59. The standard InChI is InChI=1S/C15H23N3O5S2/c1-8(2)18(9(3)4)25(22,23)11-7-10(12(16)19)13(24-11)17-14(20)15(21)5-6-15/h7-9,21H,5-6H2,1-4H3,(H2,16,19)(H,17,20). The van der Waals surface area contributed by atoms with Crippen LogP contribution in [0.2, 0.25) is 0 Å². The van der Waals surface area contributed by atoms with Crippen LogP contribution in [0.1, 0.15) is 50.9 Å². The summed E-state index contributed by atoms with van der Waals surface area (Å²) >= 11 is 0.757. The molecule has 25 heavy (non-hydrogen) atoms. The molecule has 0 spiro atoms. The molecule has 0 aliphatic heterocycles. The first-order chi connectivity index (χ1) is 11.4. The lowest BCUT2D eigenvalue weighted by molar-refractivity contribution is -0.125. The zero-order valence-electron chi connectivity index (χ0n) is 14.6. The molecule has 1 aromatic heterocycles. The summed E-state index contributed by atoms with van der Waals surface area (Å²) in [6.07, 6.45) is 0.658. The van der Waals surface area contributed by atoms with Gasteiger partial charge in [0.15, 0.2) is 0 Å². The molecular formula is C15H23N3O5S2. The number of anilines is 1. The minimum absolute atomic E-state index is 0.0314. The van der Waals surface area contributed by atoms with Crippen molar-refractivity contribution in [2.75, 3.05) is 5.32 Å². The summed E-state index contributed by atoms with van der Waals surface area (Å²) in [5, 5.41) is 12.3. The highest BCUT2D eigenvalue weighted by Gasteiger charge is 2.48. The number of hydrogen-bond donors (Lipinski definition) is 3. The molecule has 0 atom stereocenters. The lowest BCUT2D eigenvalue weighted by atomic mass is 10.3. The van der Waals surface area contributed by atoms with Crippen LogP contribution in [0, 0.1) is 0 Å². The summed E-state index contributed by atoms with van der Waals surface area (Å²) in [7, 11) is -3.86. The van der Waals surface area contributed by atoms with E-state index in [9.17, 15) is 23.1 Å². The molecule has 1 saturated carbocycles. The van der Waals surface area contributed by atoms with E-state index in [1.54, 1.807) is 27.7 Å². The summed E-state index contributed by atoms with van der Waals surface area (Å²) in [6.45, 7) is 7.02. The average molecular weight is 389 g/mol. The van der Waals surface area contributed by atoms with Crippen molar-refractivity contribution >= 4 is 38.2 Å². The van der Waals surface area contributed by atoms with E-state index in [1.807, 2.05) is 0 Å². The summed E-state index contributed by atoms with van der Waals surface area (Å²) in [5.41, 5.74) is 3.78. The van der Waals surface area contributed by atoms with Crippen LogP contribution in [-0.4, -0.2) is 47.3 Å². The van der Waals surface area contributed by atoms with Crippen molar-refractivity contribution in [3.63, 3.8) is 0 Å². The Morgan fingerprint density at radius 1 is 1.28 bits per heavy atom. The zero-order valence-corrected chi connectivity index (χ0v) is 16.2. The minimum atomic E-state index is -3.86. The van der Waals surface area contributed by atoms with Gasteiger partial charge in [-0.2, -0.15) is 4.31 Å². The first kappa shape index (κ1) is 19.8. The van der Waals surface area contributed by atoms with Gasteiger partial charge in [0, 0.05) is 12.1 Å². The van der Waals surface area contributed by atoms with Crippen LogP contribution < -0.4 is 11.1 Å². The Labute approximate surface area is 151 Å². The van der Waals surface area contributed by atoms with Gasteiger partial charge in [0.1, 0.15) is 14.8 Å². The predicted molar refractivity (Wildman–Crippen MR) is 94.9 cm³/mol. The Balaban J connectivity index is 2.44. The number of thiophene rings is 1. The molecule has 140 valence electrons. The molecule has 8 nitrogen and oxygen atoms in total. The number of aliphatic hydroxyl groups is 1. The van der Waals surface area contributed by atoms with Crippen molar-refractivity contribution in [3.8, 4) is 0 Å². The number of rotatable bonds is 7. The number of carbonyl (C=O) groups excluding carboxylic acids is 2. The van der Waals surface area contributed by atoms with E-state index in [2.05, 4.69) is 5.32 Å². The molecule has 2 amide bonds. The van der Waals surface area contributed by atoms with Gasteiger partial charge >= 0.3 is 0 Å². The molecule has 2 rings (SSSR count). The predicted octanol–water partition coefficient (Wildman–Crippen LogP) is 1.12. The second kappa shape index (κ2) is 6.67. The number of carbonyl (C=O) groups is 2. The van der Waals surface area contributed by atoms with Crippen molar-refractivity contribution in [2.45, 2.75) is 62.4 Å². The van der Waals surface area contributed by atoms with E-state index in [-0.39, 0.29) is 26.9 Å². The van der Waals surface area contributed by atoms with E-state index in [4.69, 9.17) is 5.73 Å². The largest absolute Gasteiger partial charge is 0.380 e. The maximum atomic E-state index is 12.9. The number of primary amides is 1. The van der Waals surface area contributed by atoms with Crippen LogP contribution >= 0.6 is 11.3 Å². The molecule has 0 radical (unpaired) electrons. The number of nitrogens with zero attached hydrogens (tertiary/aromatic N) is 1. The maximum Gasteiger partial charge on any atom is 0.256 e. The van der Waals surface area contributed by atoms with Crippen molar-refractivity contribution in [1.82, 2.24) is 4.31 Å². The van der Waals surface area contributed by atoms with Gasteiger partial charge in [0.25, 0.3) is 21.8 Å². The van der Waals surface area contributed by atoms with E-state index in [0.717, 1.165) is 11.3 Å². The fraction of sp³-hybridized carbons (Fsp3) is 0.600. The van der Waals surface area contributed by atoms with Crippen LogP contribution in [-0.2, 0) is 14.8 Å².